The van der Waals surface area contributed by atoms with Gasteiger partial charge in [0.2, 0.25) is 0 Å². The number of carbonyl (C=O) groups excluding carboxylic acids is 1. The molecule has 6 nitrogen and oxygen atoms in total. The standard InChI is InChI=1S/C13H24N2O4/c1-4-19-11-5-7-14(8-6-11)13(18)15(10(2)3)9-12(16)17/h10-11H,4-9H2,1-3H3,(H,16,17). The molecule has 0 atom stereocenters. The van der Waals surface area contributed by atoms with Gasteiger partial charge in [0.15, 0.2) is 0 Å². The van der Waals surface area contributed by atoms with Crippen LogP contribution in [0.25, 0.3) is 0 Å². The zero-order valence-corrected chi connectivity index (χ0v) is 12.0. The molecular formula is C13H24N2O4. The quantitative estimate of drug-likeness (QED) is 0.821. The molecular weight excluding hydrogens is 248 g/mol. The molecule has 0 radical (unpaired) electrons. The predicted molar refractivity (Wildman–Crippen MR) is 71.1 cm³/mol. The Morgan fingerprint density at radius 3 is 2.37 bits per heavy atom. The number of ether oxygens (including phenoxy) is 1. The van der Waals surface area contributed by atoms with Crippen LogP contribution >= 0.6 is 0 Å². The third-order valence-electron chi connectivity index (χ3n) is 3.29. The molecule has 1 aliphatic heterocycles. The maximum atomic E-state index is 12.3. The van der Waals surface area contributed by atoms with Gasteiger partial charge in [0.1, 0.15) is 6.54 Å². The molecule has 0 saturated carbocycles. The molecule has 1 fully saturated rings. The van der Waals surface area contributed by atoms with Crippen molar-refractivity contribution in [2.24, 2.45) is 0 Å². The van der Waals surface area contributed by atoms with Crippen LogP contribution in [0.1, 0.15) is 33.6 Å². The summed E-state index contributed by atoms with van der Waals surface area (Å²) >= 11 is 0. The van der Waals surface area contributed by atoms with Crippen LogP contribution in [0.15, 0.2) is 0 Å². The number of carboxylic acid groups (broad SMARTS) is 1. The predicted octanol–water partition coefficient (Wildman–Crippen LogP) is 1.40. The number of rotatable bonds is 5. The van der Waals surface area contributed by atoms with Gasteiger partial charge >= 0.3 is 12.0 Å². The van der Waals surface area contributed by atoms with Gasteiger partial charge in [-0.3, -0.25) is 4.79 Å². The summed E-state index contributed by atoms with van der Waals surface area (Å²) in [6.07, 6.45) is 1.86. The summed E-state index contributed by atoms with van der Waals surface area (Å²) in [5.74, 6) is -0.980. The van der Waals surface area contributed by atoms with E-state index in [0.29, 0.717) is 19.7 Å². The van der Waals surface area contributed by atoms with Gasteiger partial charge in [-0.15, -0.1) is 0 Å². The Hall–Kier alpha value is -1.30. The van der Waals surface area contributed by atoms with Gasteiger partial charge in [0.25, 0.3) is 0 Å². The molecule has 0 aromatic heterocycles. The second-order valence-corrected chi connectivity index (χ2v) is 5.04. The number of hydrogen-bond acceptors (Lipinski definition) is 3. The van der Waals surface area contributed by atoms with Crippen LogP contribution in [0.5, 0.6) is 0 Å². The second kappa shape index (κ2) is 7.33. The van der Waals surface area contributed by atoms with Crippen molar-refractivity contribution in [3.05, 3.63) is 0 Å². The van der Waals surface area contributed by atoms with E-state index < -0.39 is 5.97 Å². The molecule has 0 unspecified atom stereocenters. The topological polar surface area (TPSA) is 70.1 Å². The normalized spacial score (nSPS) is 16.7. The number of carboxylic acids is 1. The van der Waals surface area contributed by atoms with Gasteiger partial charge in [-0.05, 0) is 33.6 Å². The maximum absolute atomic E-state index is 12.3. The summed E-state index contributed by atoms with van der Waals surface area (Å²) < 4.78 is 5.54. The molecule has 0 spiro atoms. The fraction of sp³-hybridized carbons (Fsp3) is 0.846. The average Bonchev–Trinajstić information content (AvgIpc) is 2.36. The smallest absolute Gasteiger partial charge is 0.323 e. The third-order valence-corrected chi connectivity index (χ3v) is 3.29. The fourth-order valence-corrected chi connectivity index (χ4v) is 2.25. The van der Waals surface area contributed by atoms with Crippen molar-refractivity contribution in [1.82, 2.24) is 9.80 Å². The van der Waals surface area contributed by atoms with Crippen molar-refractivity contribution in [3.8, 4) is 0 Å². The number of piperidine rings is 1. The molecule has 1 saturated heterocycles. The molecule has 1 heterocycles. The van der Waals surface area contributed by atoms with Crippen LogP contribution in [0, 0.1) is 0 Å². The Morgan fingerprint density at radius 1 is 1.37 bits per heavy atom. The lowest BCUT2D eigenvalue weighted by Crippen LogP contribution is -2.51. The molecule has 0 aliphatic carbocycles. The number of carbonyl (C=O) groups is 2. The summed E-state index contributed by atoms with van der Waals surface area (Å²) in [7, 11) is 0. The number of likely N-dealkylation sites (tertiary alicyclic amines) is 1. The summed E-state index contributed by atoms with van der Waals surface area (Å²) in [5, 5.41) is 8.86. The second-order valence-electron chi connectivity index (χ2n) is 5.04. The van der Waals surface area contributed by atoms with Crippen LogP contribution in [0.2, 0.25) is 0 Å². The minimum atomic E-state index is -0.980. The maximum Gasteiger partial charge on any atom is 0.323 e. The number of amides is 2. The molecule has 0 aromatic rings. The summed E-state index contributed by atoms with van der Waals surface area (Å²) in [4.78, 5) is 26.2. The van der Waals surface area contributed by atoms with Gasteiger partial charge < -0.3 is 19.6 Å². The molecule has 1 aliphatic rings. The van der Waals surface area contributed by atoms with E-state index in [0.717, 1.165) is 12.8 Å². The lowest BCUT2D eigenvalue weighted by molar-refractivity contribution is -0.138. The van der Waals surface area contributed by atoms with Gasteiger partial charge in [-0.1, -0.05) is 0 Å². The molecule has 2 amide bonds. The highest BCUT2D eigenvalue weighted by Gasteiger charge is 2.28. The Morgan fingerprint density at radius 2 is 1.95 bits per heavy atom. The van der Waals surface area contributed by atoms with E-state index in [9.17, 15) is 9.59 Å². The van der Waals surface area contributed by atoms with Crippen LogP contribution in [0.4, 0.5) is 4.79 Å². The lowest BCUT2D eigenvalue weighted by Gasteiger charge is -2.36. The average molecular weight is 272 g/mol. The number of nitrogens with zero attached hydrogens (tertiary/aromatic N) is 2. The van der Waals surface area contributed by atoms with Gasteiger partial charge in [-0.2, -0.15) is 0 Å². The van der Waals surface area contributed by atoms with Crippen LogP contribution in [-0.4, -0.2) is 65.3 Å². The van der Waals surface area contributed by atoms with Crippen LogP contribution in [-0.2, 0) is 9.53 Å². The zero-order chi connectivity index (χ0) is 14.4. The first kappa shape index (κ1) is 15.8. The Balaban J connectivity index is 2.54. The fourth-order valence-electron chi connectivity index (χ4n) is 2.25. The zero-order valence-electron chi connectivity index (χ0n) is 12.0. The SMILES string of the molecule is CCOC1CCN(C(=O)N(CC(=O)O)C(C)C)CC1. The molecule has 6 heteroatoms. The first-order chi connectivity index (χ1) is 8.95. The van der Waals surface area contributed by atoms with Crippen molar-refractivity contribution in [2.75, 3.05) is 26.2 Å². The monoisotopic (exact) mass is 272 g/mol. The number of urea groups is 1. The summed E-state index contributed by atoms with van der Waals surface area (Å²) in [6, 6.07) is -0.305. The Kier molecular flexibility index (Phi) is 6.08. The molecule has 0 bridgehead atoms. The molecule has 110 valence electrons. The highest BCUT2D eigenvalue weighted by atomic mass is 16.5. The van der Waals surface area contributed by atoms with E-state index in [4.69, 9.17) is 9.84 Å². The molecule has 19 heavy (non-hydrogen) atoms. The van der Waals surface area contributed by atoms with E-state index in [1.807, 2.05) is 20.8 Å². The molecule has 1 N–H and O–H groups in total. The van der Waals surface area contributed by atoms with Crippen LogP contribution in [0.3, 0.4) is 0 Å². The number of aliphatic carboxylic acids is 1. The van der Waals surface area contributed by atoms with E-state index in [1.165, 1.54) is 4.90 Å². The van der Waals surface area contributed by atoms with Gasteiger partial charge in [0.05, 0.1) is 6.10 Å². The van der Waals surface area contributed by atoms with E-state index in [1.54, 1.807) is 4.90 Å². The minimum Gasteiger partial charge on any atom is -0.480 e. The Labute approximate surface area is 114 Å². The Bertz CT molecular complexity index is 312. The first-order valence-electron chi connectivity index (χ1n) is 6.84. The van der Waals surface area contributed by atoms with Gasteiger partial charge in [0, 0.05) is 25.7 Å². The molecule has 0 aromatic carbocycles. The third kappa shape index (κ3) is 4.70. The van der Waals surface area contributed by atoms with Crippen molar-refractivity contribution < 1.29 is 19.4 Å². The van der Waals surface area contributed by atoms with Crippen molar-refractivity contribution in [1.29, 1.82) is 0 Å². The van der Waals surface area contributed by atoms with E-state index >= 15 is 0 Å². The van der Waals surface area contributed by atoms with E-state index in [-0.39, 0.29) is 24.7 Å². The van der Waals surface area contributed by atoms with Crippen molar-refractivity contribution in [2.45, 2.75) is 45.8 Å². The highest BCUT2D eigenvalue weighted by molar-refractivity contribution is 5.80. The van der Waals surface area contributed by atoms with Crippen molar-refractivity contribution >= 4 is 12.0 Å². The van der Waals surface area contributed by atoms with E-state index in [2.05, 4.69) is 0 Å². The van der Waals surface area contributed by atoms with Gasteiger partial charge in [-0.25, -0.2) is 4.79 Å². The first-order valence-corrected chi connectivity index (χ1v) is 6.84. The summed E-state index contributed by atoms with van der Waals surface area (Å²) in [6.45, 7) is 7.32. The highest BCUT2D eigenvalue weighted by Crippen LogP contribution is 2.16. The minimum absolute atomic E-state index is 0.117. The van der Waals surface area contributed by atoms with Crippen LogP contribution < -0.4 is 0 Å². The molecule has 1 rings (SSSR count). The largest absolute Gasteiger partial charge is 0.480 e. The number of hydrogen-bond donors (Lipinski definition) is 1. The van der Waals surface area contributed by atoms with Crippen molar-refractivity contribution in [3.63, 3.8) is 0 Å². The lowest BCUT2D eigenvalue weighted by atomic mass is 10.1. The summed E-state index contributed by atoms with van der Waals surface area (Å²) in [5.41, 5.74) is 0.